The van der Waals surface area contributed by atoms with Gasteiger partial charge >= 0.3 is 0 Å². The summed E-state index contributed by atoms with van der Waals surface area (Å²) in [4.78, 5) is 13.9. The molecule has 1 amide bonds. The number of carbonyl (C=O) groups is 1. The molecule has 2 fully saturated rings. The van der Waals surface area contributed by atoms with Gasteiger partial charge in [0.1, 0.15) is 11.6 Å². The summed E-state index contributed by atoms with van der Waals surface area (Å²) in [5.74, 6) is 0.685. The molecule has 1 spiro atoms. The molecular formula is C18H19FN2O4S2. The first-order valence-electron chi connectivity index (χ1n) is 8.63. The van der Waals surface area contributed by atoms with Crippen LogP contribution < -0.4 is 0 Å². The number of sulfonamides is 1. The summed E-state index contributed by atoms with van der Waals surface area (Å²) in [7, 11) is -3.67. The van der Waals surface area contributed by atoms with Gasteiger partial charge in [0.2, 0.25) is 15.9 Å². The van der Waals surface area contributed by atoms with Gasteiger partial charge in [0, 0.05) is 13.1 Å². The lowest BCUT2D eigenvalue weighted by molar-refractivity contribution is -0.132. The zero-order valence-electron chi connectivity index (χ0n) is 14.5. The Labute approximate surface area is 161 Å². The van der Waals surface area contributed by atoms with Gasteiger partial charge < -0.3 is 9.32 Å². The smallest absolute Gasteiger partial charge is 0.243 e. The number of benzene rings is 1. The first-order chi connectivity index (χ1) is 12.9. The van der Waals surface area contributed by atoms with Crippen LogP contribution in [0.3, 0.4) is 0 Å². The van der Waals surface area contributed by atoms with Crippen molar-refractivity contribution in [1.29, 1.82) is 0 Å². The Balaban J connectivity index is 1.50. The van der Waals surface area contributed by atoms with Gasteiger partial charge in [-0.2, -0.15) is 4.31 Å². The second-order valence-electron chi connectivity index (χ2n) is 6.65. The number of rotatable bonds is 4. The highest BCUT2D eigenvalue weighted by molar-refractivity contribution is 8.01. The van der Waals surface area contributed by atoms with E-state index in [1.165, 1.54) is 16.4 Å². The molecular weight excluding hydrogens is 391 g/mol. The van der Waals surface area contributed by atoms with Crippen LogP contribution >= 0.6 is 11.8 Å². The highest BCUT2D eigenvalue weighted by Crippen LogP contribution is 2.45. The summed E-state index contributed by atoms with van der Waals surface area (Å²) in [5, 5.41) is 0. The van der Waals surface area contributed by atoms with E-state index in [2.05, 4.69) is 0 Å². The van der Waals surface area contributed by atoms with E-state index in [1.54, 1.807) is 24.1 Å². The fraction of sp³-hybridized carbons (Fsp3) is 0.389. The molecule has 4 rings (SSSR count). The lowest BCUT2D eigenvalue weighted by Gasteiger charge is -2.43. The Morgan fingerprint density at radius 3 is 2.48 bits per heavy atom. The van der Waals surface area contributed by atoms with E-state index < -0.39 is 20.7 Å². The van der Waals surface area contributed by atoms with Crippen LogP contribution in [0.15, 0.2) is 52.0 Å². The van der Waals surface area contributed by atoms with Gasteiger partial charge in [0.05, 0.1) is 28.3 Å². The highest BCUT2D eigenvalue weighted by atomic mass is 32.2. The van der Waals surface area contributed by atoms with E-state index in [-0.39, 0.29) is 10.8 Å². The zero-order chi connectivity index (χ0) is 19.1. The van der Waals surface area contributed by atoms with Gasteiger partial charge in [-0.05, 0) is 49.2 Å². The van der Waals surface area contributed by atoms with Crippen molar-refractivity contribution in [3.63, 3.8) is 0 Å². The molecule has 2 aliphatic rings. The van der Waals surface area contributed by atoms with E-state index in [4.69, 9.17) is 4.42 Å². The molecule has 0 atom stereocenters. The first kappa shape index (κ1) is 18.5. The van der Waals surface area contributed by atoms with Crippen LogP contribution in [0.25, 0.3) is 0 Å². The number of halogens is 1. The molecule has 0 radical (unpaired) electrons. The van der Waals surface area contributed by atoms with Crippen molar-refractivity contribution in [2.45, 2.75) is 29.2 Å². The third-order valence-corrected chi connectivity index (χ3v) is 8.58. The number of thioether (sulfide) groups is 1. The van der Waals surface area contributed by atoms with Crippen molar-refractivity contribution < 1.29 is 22.0 Å². The standard InChI is InChI=1S/C18H19FN2O4S2/c19-14-3-5-16(6-4-14)27(23,24)20-9-7-18(8-10-20)21(17(22)13-26-18)12-15-2-1-11-25-15/h1-6,11H,7-10,12-13H2. The second kappa shape index (κ2) is 6.96. The van der Waals surface area contributed by atoms with Gasteiger partial charge in [-0.15, -0.1) is 11.8 Å². The summed E-state index contributed by atoms with van der Waals surface area (Å²) in [6.45, 7) is 1.02. The van der Waals surface area contributed by atoms with Crippen LogP contribution in [0.2, 0.25) is 0 Å². The van der Waals surface area contributed by atoms with Crippen molar-refractivity contribution in [1.82, 2.24) is 9.21 Å². The van der Waals surface area contributed by atoms with Gasteiger partial charge in [0.15, 0.2) is 0 Å². The van der Waals surface area contributed by atoms with E-state index in [9.17, 15) is 17.6 Å². The molecule has 2 aliphatic heterocycles. The Kier molecular flexibility index (Phi) is 4.77. The number of hydrogen-bond acceptors (Lipinski definition) is 5. The predicted molar refractivity (Wildman–Crippen MR) is 98.8 cm³/mol. The summed E-state index contributed by atoms with van der Waals surface area (Å²) >= 11 is 1.58. The van der Waals surface area contributed by atoms with Crippen molar-refractivity contribution in [2.75, 3.05) is 18.8 Å². The molecule has 0 unspecified atom stereocenters. The molecule has 0 saturated carbocycles. The van der Waals surface area contributed by atoms with Crippen LogP contribution in [0.1, 0.15) is 18.6 Å². The Bertz CT molecular complexity index is 921. The second-order valence-corrected chi connectivity index (χ2v) is 9.93. The summed E-state index contributed by atoms with van der Waals surface area (Å²) in [6.07, 6.45) is 2.67. The van der Waals surface area contributed by atoms with Gasteiger partial charge in [-0.25, -0.2) is 12.8 Å². The molecule has 1 aromatic carbocycles. The summed E-state index contributed by atoms with van der Waals surface area (Å²) in [6, 6.07) is 8.48. The molecule has 0 bridgehead atoms. The maximum Gasteiger partial charge on any atom is 0.243 e. The minimum atomic E-state index is -3.67. The SMILES string of the molecule is O=C1CSC2(CCN(S(=O)(=O)c3ccc(F)cc3)CC2)N1Cc1ccco1. The van der Waals surface area contributed by atoms with E-state index >= 15 is 0 Å². The van der Waals surface area contributed by atoms with Gasteiger partial charge in [-0.3, -0.25) is 4.79 Å². The van der Waals surface area contributed by atoms with Crippen LogP contribution in [0.4, 0.5) is 4.39 Å². The van der Waals surface area contributed by atoms with E-state index in [0.717, 1.165) is 12.1 Å². The minimum absolute atomic E-state index is 0.0474. The van der Waals surface area contributed by atoms with Crippen molar-refractivity contribution >= 4 is 27.7 Å². The van der Waals surface area contributed by atoms with Crippen molar-refractivity contribution in [3.8, 4) is 0 Å². The topological polar surface area (TPSA) is 70.8 Å². The molecule has 3 heterocycles. The quantitative estimate of drug-likeness (QED) is 0.775. The normalized spacial score (nSPS) is 20.5. The van der Waals surface area contributed by atoms with E-state index in [0.29, 0.717) is 44.0 Å². The summed E-state index contributed by atoms with van der Waals surface area (Å²) < 4.78 is 45.5. The van der Waals surface area contributed by atoms with Gasteiger partial charge in [0.25, 0.3) is 0 Å². The molecule has 6 nitrogen and oxygen atoms in total. The zero-order valence-corrected chi connectivity index (χ0v) is 16.1. The number of piperidine rings is 1. The summed E-state index contributed by atoms with van der Waals surface area (Å²) in [5.41, 5.74) is 0. The largest absolute Gasteiger partial charge is 0.467 e. The average molecular weight is 410 g/mol. The molecule has 9 heteroatoms. The average Bonchev–Trinajstić information content (AvgIpc) is 3.27. The van der Waals surface area contributed by atoms with Crippen LogP contribution in [-0.4, -0.2) is 47.2 Å². The number of carbonyl (C=O) groups excluding carboxylic acids is 1. The molecule has 2 aromatic rings. The number of nitrogens with zero attached hydrogens (tertiary/aromatic N) is 2. The van der Waals surface area contributed by atoms with Crippen LogP contribution in [0.5, 0.6) is 0 Å². The number of amides is 1. The maximum atomic E-state index is 13.1. The van der Waals surface area contributed by atoms with Gasteiger partial charge in [-0.1, -0.05) is 0 Å². The lowest BCUT2D eigenvalue weighted by Crippen LogP contribution is -2.52. The fourth-order valence-electron chi connectivity index (χ4n) is 3.62. The molecule has 27 heavy (non-hydrogen) atoms. The fourth-order valence-corrected chi connectivity index (χ4v) is 6.40. The molecule has 0 aliphatic carbocycles. The number of hydrogen-bond donors (Lipinski definition) is 0. The molecule has 1 aromatic heterocycles. The Morgan fingerprint density at radius 2 is 1.85 bits per heavy atom. The van der Waals surface area contributed by atoms with Crippen molar-refractivity contribution in [3.05, 3.63) is 54.2 Å². The lowest BCUT2D eigenvalue weighted by atomic mass is 10.0. The maximum absolute atomic E-state index is 13.1. The van der Waals surface area contributed by atoms with Crippen LogP contribution in [0, 0.1) is 5.82 Å². The Hall–Kier alpha value is -1.84. The third-order valence-electron chi connectivity index (χ3n) is 5.11. The van der Waals surface area contributed by atoms with Crippen molar-refractivity contribution in [2.24, 2.45) is 0 Å². The predicted octanol–water partition coefficient (Wildman–Crippen LogP) is 2.68. The first-order valence-corrected chi connectivity index (χ1v) is 11.1. The monoisotopic (exact) mass is 410 g/mol. The molecule has 144 valence electrons. The minimum Gasteiger partial charge on any atom is -0.467 e. The number of furan rings is 1. The Morgan fingerprint density at radius 1 is 1.15 bits per heavy atom. The van der Waals surface area contributed by atoms with E-state index in [1.807, 2.05) is 11.0 Å². The highest BCUT2D eigenvalue weighted by Gasteiger charge is 2.49. The van der Waals surface area contributed by atoms with Crippen LogP contribution in [-0.2, 0) is 21.4 Å². The molecule has 2 saturated heterocycles. The molecule has 0 N–H and O–H groups in total. The third kappa shape index (κ3) is 3.39.